The van der Waals surface area contributed by atoms with Gasteiger partial charge in [0.05, 0.1) is 6.54 Å². The highest BCUT2D eigenvalue weighted by Crippen LogP contribution is 2.09. The minimum Gasteiger partial charge on any atom is -0.324 e. The molecule has 1 amide bonds. The monoisotopic (exact) mass is 255 g/mol. The lowest BCUT2D eigenvalue weighted by molar-refractivity contribution is 0.0996. The molecule has 19 heavy (non-hydrogen) atoms. The number of aromatic nitrogens is 1. The summed E-state index contributed by atoms with van der Waals surface area (Å²) >= 11 is 0. The first-order valence-corrected chi connectivity index (χ1v) is 5.75. The van der Waals surface area contributed by atoms with Crippen molar-refractivity contribution >= 4 is 17.4 Å². The molecule has 2 aromatic rings. The van der Waals surface area contributed by atoms with Crippen LogP contribution in [0.25, 0.3) is 0 Å². The van der Waals surface area contributed by atoms with Gasteiger partial charge in [-0.25, -0.2) is 0 Å². The lowest BCUT2D eigenvalue weighted by Gasteiger charge is -2.05. The van der Waals surface area contributed by atoms with Crippen molar-refractivity contribution in [3.63, 3.8) is 0 Å². The van der Waals surface area contributed by atoms with Gasteiger partial charge in [-0.1, -0.05) is 12.1 Å². The summed E-state index contributed by atoms with van der Waals surface area (Å²) in [6.45, 7) is -0.0391. The predicted molar refractivity (Wildman–Crippen MR) is 72.0 cm³/mol. The number of nitrogens with two attached hydrogens (primary N) is 1. The maximum absolute atomic E-state index is 11.9. The lowest BCUT2D eigenvalue weighted by atomic mass is 10.1. The molecule has 0 fully saturated rings. The summed E-state index contributed by atoms with van der Waals surface area (Å²) in [6, 6.07) is 9.78. The molecule has 96 valence electrons. The van der Waals surface area contributed by atoms with Crippen LogP contribution in [0.1, 0.15) is 20.7 Å². The first kappa shape index (κ1) is 12.9. The van der Waals surface area contributed by atoms with E-state index in [1.165, 1.54) is 0 Å². The van der Waals surface area contributed by atoms with Crippen molar-refractivity contribution in [2.24, 2.45) is 5.73 Å². The van der Waals surface area contributed by atoms with Gasteiger partial charge in [0.25, 0.3) is 5.91 Å². The van der Waals surface area contributed by atoms with Gasteiger partial charge in [-0.3, -0.25) is 14.6 Å². The van der Waals surface area contributed by atoms with Crippen LogP contribution in [0.2, 0.25) is 0 Å². The van der Waals surface area contributed by atoms with Crippen LogP contribution in [0.15, 0.2) is 48.8 Å². The maximum atomic E-state index is 11.9. The third kappa shape index (κ3) is 3.23. The van der Waals surface area contributed by atoms with Gasteiger partial charge in [0.15, 0.2) is 5.78 Å². The van der Waals surface area contributed by atoms with Crippen molar-refractivity contribution in [2.75, 3.05) is 11.9 Å². The van der Waals surface area contributed by atoms with Crippen LogP contribution in [0.4, 0.5) is 5.69 Å². The highest BCUT2D eigenvalue weighted by Gasteiger charge is 2.08. The van der Waals surface area contributed by atoms with Gasteiger partial charge in [0.1, 0.15) is 0 Å². The number of Topliss-reactive ketones (excluding diaryl/α,β-unsaturated/α-hetero) is 1. The lowest BCUT2D eigenvalue weighted by Crippen LogP contribution is -2.15. The molecule has 3 N–H and O–H groups in total. The van der Waals surface area contributed by atoms with E-state index in [4.69, 9.17) is 5.73 Å². The second kappa shape index (κ2) is 5.88. The molecule has 1 aromatic carbocycles. The molecule has 5 heteroatoms. The van der Waals surface area contributed by atoms with Gasteiger partial charge in [-0.15, -0.1) is 0 Å². The Morgan fingerprint density at radius 3 is 2.16 bits per heavy atom. The molecular formula is C14H13N3O2. The number of amides is 1. The molecule has 0 aliphatic heterocycles. The third-order valence-corrected chi connectivity index (χ3v) is 2.59. The van der Waals surface area contributed by atoms with Crippen LogP contribution >= 0.6 is 0 Å². The fraction of sp³-hybridized carbons (Fsp3) is 0.0714. The van der Waals surface area contributed by atoms with Crippen molar-refractivity contribution in [2.45, 2.75) is 0 Å². The first-order chi connectivity index (χ1) is 9.20. The molecule has 2 rings (SSSR count). The summed E-state index contributed by atoms with van der Waals surface area (Å²) in [4.78, 5) is 27.1. The van der Waals surface area contributed by atoms with Crippen LogP contribution in [-0.4, -0.2) is 23.2 Å². The second-order valence-electron chi connectivity index (χ2n) is 3.89. The minimum atomic E-state index is -0.238. The van der Waals surface area contributed by atoms with Crippen LogP contribution < -0.4 is 11.1 Å². The molecule has 5 nitrogen and oxygen atoms in total. The van der Waals surface area contributed by atoms with Gasteiger partial charge in [0, 0.05) is 29.2 Å². The van der Waals surface area contributed by atoms with E-state index >= 15 is 0 Å². The number of rotatable bonds is 4. The quantitative estimate of drug-likeness (QED) is 0.810. The number of pyridine rings is 1. The average molecular weight is 255 g/mol. The van der Waals surface area contributed by atoms with Gasteiger partial charge >= 0.3 is 0 Å². The number of hydrogen-bond acceptors (Lipinski definition) is 4. The summed E-state index contributed by atoms with van der Waals surface area (Å²) in [5.74, 6) is -0.390. The Kier molecular flexibility index (Phi) is 4.00. The number of carbonyl (C=O) groups excluding carboxylic acids is 2. The van der Waals surface area contributed by atoms with E-state index < -0.39 is 0 Å². The molecule has 0 bridgehead atoms. The van der Waals surface area contributed by atoms with Gasteiger partial charge < -0.3 is 11.1 Å². The summed E-state index contributed by atoms with van der Waals surface area (Å²) < 4.78 is 0. The Labute approximate surface area is 110 Å². The highest BCUT2D eigenvalue weighted by atomic mass is 16.1. The number of nitrogens with one attached hydrogen (secondary N) is 1. The molecular weight excluding hydrogens is 242 g/mol. The van der Waals surface area contributed by atoms with Crippen LogP contribution in [0, 0.1) is 0 Å². The van der Waals surface area contributed by atoms with Gasteiger partial charge in [-0.05, 0) is 24.3 Å². The fourth-order valence-corrected chi connectivity index (χ4v) is 1.56. The molecule has 0 unspecified atom stereocenters. The SMILES string of the molecule is NCC(=O)c1ccc(C(=O)Nc2ccncc2)cc1. The van der Waals surface area contributed by atoms with Crippen molar-refractivity contribution in [1.82, 2.24) is 4.98 Å². The summed E-state index contributed by atoms with van der Waals surface area (Å²) in [5, 5.41) is 2.73. The Morgan fingerprint density at radius 2 is 1.58 bits per heavy atom. The van der Waals surface area contributed by atoms with E-state index in [1.807, 2.05) is 0 Å². The number of ketones is 1. The van der Waals surface area contributed by atoms with E-state index in [9.17, 15) is 9.59 Å². The van der Waals surface area contributed by atoms with Gasteiger partial charge in [0.2, 0.25) is 0 Å². The van der Waals surface area contributed by atoms with Crippen molar-refractivity contribution in [3.8, 4) is 0 Å². The molecule has 0 radical (unpaired) electrons. The summed E-state index contributed by atoms with van der Waals surface area (Å²) in [7, 11) is 0. The Hall–Kier alpha value is -2.53. The smallest absolute Gasteiger partial charge is 0.255 e. The van der Waals surface area contributed by atoms with E-state index in [-0.39, 0.29) is 18.2 Å². The number of nitrogens with zero attached hydrogens (tertiary/aromatic N) is 1. The second-order valence-corrected chi connectivity index (χ2v) is 3.89. The molecule has 0 saturated carbocycles. The predicted octanol–water partition coefficient (Wildman–Crippen LogP) is 1.48. The van der Waals surface area contributed by atoms with Gasteiger partial charge in [-0.2, -0.15) is 0 Å². The summed E-state index contributed by atoms with van der Waals surface area (Å²) in [5.41, 5.74) is 6.92. The molecule has 0 spiro atoms. The normalized spacial score (nSPS) is 9.95. The summed E-state index contributed by atoms with van der Waals surface area (Å²) in [6.07, 6.45) is 3.19. The molecule has 0 atom stereocenters. The number of benzene rings is 1. The zero-order valence-electron chi connectivity index (χ0n) is 10.2. The van der Waals surface area contributed by atoms with E-state index in [2.05, 4.69) is 10.3 Å². The van der Waals surface area contributed by atoms with Crippen molar-refractivity contribution in [3.05, 3.63) is 59.9 Å². The molecule has 1 heterocycles. The molecule has 0 saturated heterocycles. The zero-order valence-corrected chi connectivity index (χ0v) is 10.2. The Morgan fingerprint density at radius 1 is 1.00 bits per heavy atom. The van der Waals surface area contributed by atoms with Crippen LogP contribution in [-0.2, 0) is 0 Å². The zero-order chi connectivity index (χ0) is 13.7. The molecule has 0 aliphatic rings. The van der Waals surface area contributed by atoms with Crippen LogP contribution in [0.5, 0.6) is 0 Å². The van der Waals surface area contributed by atoms with Crippen molar-refractivity contribution in [1.29, 1.82) is 0 Å². The first-order valence-electron chi connectivity index (χ1n) is 5.75. The number of hydrogen-bond donors (Lipinski definition) is 2. The van der Waals surface area contributed by atoms with Crippen LogP contribution in [0.3, 0.4) is 0 Å². The number of carbonyl (C=O) groups is 2. The minimum absolute atomic E-state index is 0.0391. The van der Waals surface area contributed by atoms with E-state index in [1.54, 1.807) is 48.8 Å². The largest absolute Gasteiger partial charge is 0.324 e. The fourth-order valence-electron chi connectivity index (χ4n) is 1.56. The number of anilines is 1. The maximum Gasteiger partial charge on any atom is 0.255 e. The standard InChI is InChI=1S/C14H13N3O2/c15-9-13(18)10-1-3-11(4-2-10)14(19)17-12-5-7-16-8-6-12/h1-8H,9,15H2,(H,16,17,19). The van der Waals surface area contributed by atoms with Crippen molar-refractivity contribution < 1.29 is 9.59 Å². The topological polar surface area (TPSA) is 85.1 Å². The van der Waals surface area contributed by atoms with E-state index in [0.717, 1.165) is 0 Å². The average Bonchev–Trinajstić information content (AvgIpc) is 2.47. The molecule has 1 aromatic heterocycles. The highest BCUT2D eigenvalue weighted by molar-refractivity contribution is 6.05. The van der Waals surface area contributed by atoms with E-state index in [0.29, 0.717) is 16.8 Å². The molecule has 0 aliphatic carbocycles. The third-order valence-electron chi connectivity index (χ3n) is 2.59. The Balaban J connectivity index is 2.10. The Bertz CT molecular complexity index is 579.